The second-order valence-electron chi connectivity index (χ2n) is 4.50. The first-order chi connectivity index (χ1) is 9.43. The Morgan fingerprint density at radius 1 is 1.40 bits per heavy atom. The summed E-state index contributed by atoms with van der Waals surface area (Å²) in [6.07, 6.45) is -0.0406. The zero-order chi connectivity index (χ0) is 15.1. The Kier molecular flexibility index (Phi) is 5.69. The second kappa shape index (κ2) is 7.26. The maximum Gasteiger partial charge on any atom is 0.303 e. The molecule has 6 nitrogen and oxygen atoms in total. The molecular formula is C14H17N3O3. The van der Waals surface area contributed by atoms with Crippen molar-refractivity contribution in [3.63, 3.8) is 0 Å². The molecule has 0 saturated heterocycles. The van der Waals surface area contributed by atoms with Crippen LogP contribution in [0.5, 0.6) is 0 Å². The lowest BCUT2D eigenvalue weighted by atomic mass is 10.1. The van der Waals surface area contributed by atoms with E-state index >= 15 is 0 Å². The molecule has 2 atom stereocenters. The zero-order valence-electron chi connectivity index (χ0n) is 11.2. The number of carbonyl (C=O) groups is 2. The Hall–Kier alpha value is -2.39. The van der Waals surface area contributed by atoms with E-state index in [9.17, 15) is 9.59 Å². The van der Waals surface area contributed by atoms with Crippen molar-refractivity contribution in [1.82, 2.24) is 5.32 Å². The molecule has 1 aromatic carbocycles. The summed E-state index contributed by atoms with van der Waals surface area (Å²) in [6, 6.07) is 7.77. The smallest absolute Gasteiger partial charge is 0.303 e. The Balaban J connectivity index is 2.56. The summed E-state index contributed by atoms with van der Waals surface area (Å²) in [5.41, 5.74) is 7.02. The number of nitrogens with two attached hydrogens (primary N) is 1. The van der Waals surface area contributed by atoms with E-state index in [0.29, 0.717) is 5.56 Å². The van der Waals surface area contributed by atoms with Gasteiger partial charge >= 0.3 is 5.97 Å². The van der Waals surface area contributed by atoms with E-state index in [4.69, 9.17) is 16.1 Å². The van der Waals surface area contributed by atoms with E-state index in [-0.39, 0.29) is 24.8 Å². The Labute approximate surface area is 117 Å². The van der Waals surface area contributed by atoms with Crippen LogP contribution in [0.4, 0.5) is 0 Å². The molecule has 4 N–H and O–H groups in total. The molecule has 0 aliphatic heterocycles. The first-order valence-electron chi connectivity index (χ1n) is 6.22. The number of nitriles is 1. The average molecular weight is 275 g/mol. The molecule has 0 saturated carbocycles. The minimum atomic E-state index is -0.978. The van der Waals surface area contributed by atoms with Crippen LogP contribution in [-0.4, -0.2) is 23.0 Å². The molecule has 0 radical (unpaired) electrons. The topological polar surface area (TPSA) is 116 Å². The van der Waals surface area contributed by atoms with Crippen molar-refractivity contribution < 1.29 is 14.7 Å². The highest BCUT2D eigenvalue weighted by molar-refractivity contribution is 5.82. The summed E-state index contributed by atoms with van der Waals surface area (Å²) >= 11 is 0. The fourth-order valence-corrected chi connectivity index (χ4v) is 1.66. The summed E-state index contributed by atoms with van der Waals surface area (Å²) in [7, 11) is 0. The number of carboxylic acids is 1. The van der Waals surface area contributed by atoms with Crippen LogP contribution in [0.2, 0.25) is 0 Å². The summed E-state index contributed by atoms with van der Waals surface area (Å²) in [6.45, 7) is 1.79. The van der Waals surface area contributed by atoms with Crippen molar-refractivity contribution in [2.45, 2.75) is 31.8 Å². The van der Waals surface area contributed by atoms with Crippen LogP contribution in [0.25, 0.3) is 0 Å². The molecule has 0 aromatic heterocycles. The number of rotatable bonds is 6. The number of aliphatic carboxylic acids is 1. The number of hydrogen-bond acceptors (Lipinski definition) is 4. The number of hydrogen-bond donors (Lipinski definition) is 3. The summed E-state index contributed by atoms with van der Waals surface area (Å²) in [4.78, 5) is 22.2. The number of amides is 1. The molecule has 0 aliphatic carbocycles. The van der Waals surface area contributed by atoms with Crippen LogP contribution in [0, 0.1) is 11.3 Å². The Morgan fingerprint density at radius 2 is 2.00 bits per heavy atom. The molecule has 1 aromatic rings. The van der Waals surface area contributed by atoms with Crippen molar-refractivity contribution in [1.29, 1.82) is 5.26 Å². The van der Waals surface area contributed by atoms with Gasteiger partial charge in [-0.05, 0) is 31.0 Å². The molecule has 1 rings (SSSR count). The number of carboxylic acid groups (broad SMARTS) is 1. The first kappa shape index (κ1) is 15.7. The van der Waals surface area contributed by atoms with Crippen molar-refractivity contribution in [2.75, 3.05) is 0 Å². The highest BCUT2D eigenvalue weighted by atomic mass is 16.4. The van der Waals surface area contributed by atoms with Gasteiger partial charge in [-0.15, -0.1) is 0 Å². The first-order valence-corrected chi connectivity index (χ1v) is 6.22. The van der Waals surface area contributed by atoms with Crippen molar-refractivity contribution in [3.05, 3.63) is 35.4 Å². The number of benzene rings is 1. The van der Waals surface area contributed by atoms with Gasteiger partial charge < -0.3 is 16.2 Å². The summed E-state index contributed by atoms with van der Waals surface area (Å²) in [5, 5.41) is 20.0. The van der Waals surface area contributed by atoms with Crippen LogP contribution < -0.4 is 11.1 Å². The third kappa shape index (κ3) is 4.71. The normalized spacial score (nSPS) is 13.1. The van der Waals surface area contributed by atoms with Gasteiger partial charge in [-0.3, -0.25) is 9.59 Å². The van der Waals surface area contributed by atoms with Crippen LogP contribution in [0.15, 0.2) is 24.3 Å². The molecule has 20 heavy (non-hydrogen) atoms. The third-order valence-electron chi connectivity index (χ3n) is 2.90. The van der Waals surface area contributed by atoms with Crippen LogP contribution in [0.1, 0.15) is 36.9 Å². The maximum absolute atomic E-state index is 11.8. The monoisotopic (exact) mass is 275 g/mol. The van der Waals surface area contributed by atoms with E-state index in [1.807, 2.05) is 6.07 Å². The zero-order valence-corrected chi connectivity index (χ0v) is 11.2. The predicted molar refractivity (Wildman–Crippen MR) is 72.6 cm³/mol. The van der Waals surface area contributed by atoms with E-state index in [0.717, 1.165) is 5.56 Å². The second-order valence-corrected chi connectivity index (χ2v) is 4.50. The molecular weight excluding hydrogens is 258 g/mol. The molecule has 0 fully saturated rings. The number of carbonyl (C=O) groups excluding carboxylic acids is 1. The average Bonchev–Trinajstić information content (AvgIpc) is 2.44. The van der Waals surface area contributed by atoms with Crippen LogP contribution >= 0.6 is 0 Å². The Bertz CT molecular complexity index is 519. The van der Waals surface area contributed by atoms with Gasteiger partial charge in [0, 0.05) is 6.42 Å². The van der Waals surface area contributed by atoms with Gasteiger partial charge in [0.2, 0.25) is 5.91 Å². The van der Waals surface area contributed by atoms with Gasteiger partial charge in [0.15, 0.2) is 0 Å². The number of nitrogens with zero attached hydrogens (tertiary/aromatic N) is 1. The van der Waals surface area contributed by atoms with Crippen molar-refractivity contribution >= 4 is 11.9 Å². The highest BCUT2D eigenvalue weighted by Crippen LogP contribution is 2.13. The molecule has 0 spiro atoms. The van der Waals surface area contributed by atoms with E-state index in [1.165, 1.54) is 0 Å². The van der Waals surface area contributed by atoms with Gasteiger partial charge in [-0.25, -0.2) is 0 Å². The van der Waals surface area contributed by atoms with Crippen LogP contribution in [-0.2, 0) is 9.59 Å². The highest BCUT2D eigenvalue weighted by Gasteiger charge is 2.17. The Morgan fingerprint density at radius 3 is 2.50 bits per heavy atom. The van der Waals surface area contributed by atoms with E-state index in [1.54, 1.807) is 31.2 Å². The lowest BCUT2D eigenvalue weighted by molar-refractivity contribution is -0.137. The molecule has 0 aliphatic rings. The summed E-state index contributed by atoms with van der Waals surface area (Å²) in [5.74, 6) is -1.36. The maximum atomic E-state index is 11.8. The van der Waals surface area contributed by atoms with Gasteiger partial charge in [-0.1, -0.05) is 12.1 Å². The molecule has 2 unspecified atom stereocenters. The number of nitrogens with one attached hydrogen (secondary N) is 1. The lowest BCUT2D eigenvalue weighted by Gasteiger charge is -2.17. The predicted octanol–water partition coefficient (Wildman–Crippen LogP) is 0.928. The fourth-order valence-electron chi connectivity index (χ4n) is 1.66. The van der Waals surface area contributed by atoms with E-state index in [2.05, 4.69) is 5.32 Å². The standard InChI is InChI=1S/C14H17N3O3/c1-9(11-4-2-10(8-15)3-5-11)17-14(20)12(16)6-7-13(18)19/h2-5,9,12H,6-7,16H2,1H3,(H,17,20)(H,18,19). The quantitative estimate of drug-likeness (QED) is 0.714. The molecule has 6 heteroatoms. The van der Waals surface area contributed by atoms with E-state index < -0.39 is 12.0 Å². The molecule has 106 valence electrons. The lowest BCUT2D eigenvalue weighted by Crippen LogP contribution is -2.41. The minimum absolute atomic E-state index is 0.0985. The summed E-state index contributed by atoms with van der Waals surface area (Å²) < 4.78 is 0. The van der Waals surface area contributed by atoms with Gasteiger partial charge in [-0.2, -0.15) is 5.26 Å². The van der Waals surface area contributed by atoms with Crippen LogP contribution in [0.3, 0.4) is 0 Å². The molecule has 1 amide bonds. The van der Waals surface area contributed by atoms with Gasteiger partial charge in [0.1, 0.15) is 0 Å². The van der Waals surface area contributed by atoms with Crippen molar-refractivity contribution in [3.8, 4) is 6.07 Å². The third-order valence-corrected chi connectivity index (χ3v) is 2.90. The SMILES string of the molecule is CC(NC(=O)C(N)CCC(=O)O)c1ccc(C#N)cc1. The molecule has 0 heterocycles. The molecule has 0 bridgehead atoms. The van der Waals surface area contributed by atoms with Crippen molar-refractivity contribution in [2.24, 2.45) is 5.73 Å². The minimum Gasteiger partial charge on any atom is -0.481 e. The van der Waals surface area contributed by atoms with Gasteiger partial charge in [0.25, 0.3) is 0 Å². The fraction of sp³-hybridized carbons (Fsp3) is 0.357. The largest absolute Gasteiger partial charge is 0.481 e. The van der Waals surface area contributed by atoms with Gasteiger partial charge in [0.05, 0.1) is 23.7 Å².